The van der Waals surface area contributed by atoms with E-state index in [4.69, 9.17) is 18.9 Å². The van der Waals surface area contributed by atoms with E-state index in [0.717, 1.165) is 19.3 Å². The van der Waals surface area contributed by atoms with Gasteiger partial charge in [0.15, 0.2) is 6.29 Å². The summed E-state index contributed by atoms with van der Waals surface area (Å²) in [6, 6.07) is 0. The number of hydrogen-bond acceptors (Lipinski definition) is 7. The second kappa shape index (κ2) is 12.4. The van der Waals surface area contributed by atoms with Gasteiger partial charge < -0.3 is 33.9 Å². The third-order valence-electron chi connectivity index (χ3n) is 17.7. The zero-order valence-corrected chi connectivity index (χ0v) is 32.2. The summed E-state index contributed by atoms with van der Waals surface area (Å²) in [7, 11) is 0. The van der Waals surface area contributed by atoms with Crippen LogP contribution in [0.2, 0.25) is 0 Å². The Morgan fingerprint density at radius 2 is 1.59 bits per heavy atom. The van der Waals surface area contributed by atoms with Crippen molar-refractivity contribution >= 4 is 11.8 Å². The molecule has 0 aromatic heterocycles. The van der Waals surface area contributed by atoms with Crippen LogP contribution in [0.15, 0.2) is 0 Å². The summed E-state index contributed by atoms with van der Waals surface area (Å²) in [6.07, 6.45) is 12.8. The predicted molar refractivity (Wildman–Crippen MR) is 191 cm³/mol. The molecule has 9 aliphatic rings. The molecular weight excluding hydrogens is 644 g/mol. The first kappa shape index (κ1) is 35.4. The molecule has 6 aliphatic carbocycles. The maximum absolute atomic E-state index is 13.0. The van der Waals surface area contributed by atoms with Crippen LogP contribution in [0, 0.1) is 56.7 Å². The number of rotatable bonds is 7. The number of carbonyl (C=O) groups excluding carboxylic acids is 2. The minimum Gasteiger partial charge on any atom is -0.390 e. The van der Waals surface area contributed by atoms with E-state index in [1.807, 2.05) is 9.80 Å². The molecule has 9 fully saturated rings. The van der Waals surface area contributed by atoms with E-state index >= 15 is 0 Å². The van der Waals surface area contributed by atoms with Crippen molar-refractivity contribution in [3.8, 4) is 0 Å². The number of nitrogens with zero attached hydrogens (tertiary/aromatic N) is 2. The van der Waals surface area contributed by atoms with Crippen LogP contribution >= 0.6 is 0 Å². The Balaban J connectivity index is 0.888. The van der Waals surface area contributed by atoms with Crippen molar-refractivity contribution in [1.82, 2.24) is 9.80 Å². The van der Waals surface area contributed by atoms with Gasteiger partial charge >= 0.3 is 0 Å². The molecule has 2 spiro atoms. The Morgan fingerprint density at radius 1 is 0.863 bits per heavy atom. The van der Waals surface area contributed by atoms with E-state index in [1.165, 1.54) is 51.4 Å². The second-order valence-electron chi connectivity index (χ2n) is 20.1. The van der Waals surface area contributed by atoms with E-state index in [1.54, 1.807) is 0 Å². The fourth-order valence-corrected chi connectivity index (χ4v) is 14.9. The summed E-state index contributed by atoms with van der Waals surface area (Å²) in [5, 5.41) is 12.6. The molecule has 51 heavy (non-hydrogen) atoms. The smallest absolute Gasteiger partial charge is 0.223 e. The molecular formula is C42H66N2O7. The van der Waals surface area contributed by atoms with Crippen molar-refractivity contribution in [2.75, 3.05) is 46.0 Å². The molecule has 3 heterocycles. The van der Waals surface area contributed by atoms with Crippen LogP contribution in [0.25, 0.3) is 0 Å². The van der Waals surface area contributed by atoms with Crippen molar-refractivity contribution in [3.63, 3.8) is 0 Å². The van der Waals surface area contributed by atoms with Gasteiger partial charge in [-0.05, 0) is 122 Å². The maximum Gasteiger partial charge on any atom is 0.223 e. The molecule has 3 aliphatic heterocycles. The summed E-state index contributed by atoms with van der Waals surface area (Å²) in [4.78, 5) is 29.9. The lowest BCUT2D eigenvalue weighted by molar-refractivity contribution is -0.248. The summed E-state index contributed by atoms with van der Waals surface area (Å²) < 4.78 is 25.4. The number of hydrogen-bond donors (Lipinski definition) is 1. The lowest BCUT2D eigenvalue weighted by Crippen LogP contribution is -2.60. The summed E-state index contributed by atoms with van der Waals surface area (Å²) in [6.45, 7) is 16.7. The van der Waals surface area contributed by atoms with Gasteiger partial charge in [-0.1, -0.05) is 34.6 Å². The summed E-state index contributed by atoms with van der Waals surface area (Å²) in [5.41, 5.74) is 0.483. The average Bonchev–Trinajstić information content (AvgIpc) is 4.04. The molecule has 9 nitrogen and oxygen atoms in total. The molecule has 9 heteroatoms. The molecule has 9 rings (SSSR count). The van der Waals surface area contributed by atoms with E-state index in [2.05, 4.69) is 34.6 Å². The number of morpholine rings is 2. The van der Waals surface area contributed by atoms with E-state index < -0.39 is 6.10 Å². The number of fused-ring (bicyclic) bond motifs is 4. The molecule has 0 aromatic carbocycles. The molecule has 0 bridgehead atoms. The monoisotopic (exact) mass is 710 g/mol. The SMILES string of the molecule is C[C@@H]1CC(CCC(=O)N2CCOCC2)OC2C1C1(C)CCC34CC35CCC(OC3CN(C(=O)CC6CC6)CCO3)C(C)(C)[C@@H]5CCC4[C@]1(C)[C@H]2O. The maximum atomic E-state index is 13.0. The molecule has 6 saturated carbocycles. The van der Waals surface area contributed by atoms with Gasteiger partial charge in [-0.25, -0.2) is 0 Å². The first-order chi connectivity index (χ1) is 24.3. The van der Waals surface area contributed by atoms with Crippen LogP contribution in [0.1, 0.15) is 118 Å². The highest BCUT2D eigenvalue weighted by atomic mass is 16.7. The molecule has 0 radical (unpaired) electrons. The topological polar surface area (TPSA) is 97.8 Å². The molecule has 9 unspecified atom stereocenters. The zero-order valence-electron chi connectivity index (χ0n) is 32.2. The minimum atomic E-state index is -0.481. The van der Waals surface area contributed by atoms with Crippen LogP contribution < -0.4 is 0 Å². The third-order valence-corrected chi connectivity index (χ3v) is 17.7. The number of carbonyl (C=O) groups is 2. The van der Waals surface area contributed by atoms with Crippen molar-refractivity contribution < 1.29 is 33.6 Å². The highest BCUT2D eigenvalue weighted by Gasteiger charge is 2.84. The Labute approximate surface area is 306 Å². The van der Waals surface area contributed by atoms with Crippen LogP contribution in [0.3, 0.4) is 0 Å². The number of aliphatic hydroxyl groups is 1. The lowest BCUT2D eigenvalue weighted by Gasteiger charge is -2.64. The fraction of sp³-hybridized carbons (Fsp3) is 0.952. The fourth-order valence-electron chi connectivity index (χ4n) is 14.9. The van der Waals surface area contributed by atoms with Crippen molar-refractivity contribution in [1.29, 1.82) is 0 Å². The molecule has 2 amide bonds. The molecule has 13 atom stereocenters. The first-order valence-electron chi connectivity index (χ1n) is 21.1. The largest absolute Gasteiger partial charge is 0.390 e. The molecule has 3 saturated heterocycles. The van der Waals surface area contributed by atoms with Crippen LogP contribution in [0.4, 0.5) is 0 Å². The van der Waals surface area contributed by atoms with E-state index in [-0.39, 0.29) is 52.7 Å². The Kier molecular flexibility index (Phi) is 8.60. The Bertz CT molecular complexity index is 1380. The van der Waals surface area contributed by atoms with Gasteiger partial charge in [-0.2, -0.15) is 0 Å². The standard InChI is InChI=1S/C42H66N2O7/c1-26-22-28(8-11-32(45)43-16-19-48-20-17-43)50-36-35(26)39(4)14-15-42-25-41(42)13-12-31(38(2,3)29(41)9-10-30(42)40(39,5)37(36)47)51-34-24-44(18-21-49-34)33(46)23-27-6-7-27/h26-31,34-37,47H,6-25H2,1-5H3/t26-,28?,29+,30?,31?,34?,35?,36?,37+,39?,40-,41?,42?/m1/s1. The normalized spacial score (nSPS) is 50.0. The van der Waals surface area contributed by atoms with Gasteiger partial charge in [0.2, 0.25) is 11.8 Å². The van der Waals surface area contributed by atoms with Gasteiger partial charge in [0.25, 0.3) is 0 Å². The highest BCUT2D eigenvalue weighted by Crippen LogP contribution is 2.89. The number of amides is 2. The number of aliphatic hydroxyl groups excluding tert-OH is 1. The highest BCUT2D eigenvalue weighted by molar-refractivity contribution is 5.77. The Hall–Kier alpha value is -1.26. The summed E-state index contributed by atoms with van der Waals surface area (Å²) in [5.74, 6) is 2.98. The number of ether oxygens (including phenoxy) is 4. The van der Waals surface area contributed by atoms with Crippen molar-refractivity contribution in [3.05, 3.63) is 0 Å². The van der Waals surface area contributed by atoms with Gasteiger partial charge in [-0.15, -0.1) is 0 Å². The lowest BCUT2D eigenvalue weighted by atomic mass is 9.41. The van der Waals surface area contributed by atoms with Gasteiger partial charge in [0, 0.05) is 37.9 Å². The van der Waals surface area contributed by atoms with Crippen molar-refractivity contribution in [2.24, 2.45) is 56.7 Å². The van der Waals surface area contributed by atoms with E-state index in [9.17, 15) is 14.7 Å². The zero-order chi connectivity index (χ0) is 35.6. The van der Waals surface area contributed by atoms with Gasteiger partial charge in [0.05, 0.1) is 50.8 Å². The minimum absolute atomic E-state index is 0.0177. The second-order valence-corrected chi connectivity index (χ2v) is 20.1. The van der Waals surface area contributed by atoms with Crippen molar-refractivity contribution in [2.45, 2.75) is 149 Å². The average molecular weight is 711 g/mol. The predicted octanol–water partition coefficient (Wildman–Crippen LogP) is 5.81. The summed E-state index contributed by atoms with van der Waals surface area (Å²) >= 11 is 0. The molecule has 286 valence electrons. The van der Waals surface area contributed by atoms with Crippen LogP contribution in [0.5, 0.6) is 0 Å². The van der Waals surface area contributed by atoms with Crippen LogP contribution in [-0.4, -0.2) is 103 Å². The first-order valence-corrected chi connectivity index (χ1v) is 21.1. The molecule has 1 N–H and O–H groups in total. The quantitative estimate of drug-likeness (QED) is 0.357. The van der Waals surface area contributed by atoms with E-state index in [0.29, 0.717) is 99.3 Å². The van der Waals surface area contributed by atoms with Crippen LogP contribution in [-0.2, 0) is 28.5 Å². The third kappa shape index (κ3) is 5.23. The van der Waals surface area contributed by atoms with Gasteiger partial charge in [-0.3, -0.25) is 9.59 Å². The Morgan fingerprint density at radius 3 is 2.35 bits per heavy atom. The molecule has 0 aromatic rings. The van der Waals surface area contributed by atoms with Gasteiger partial charge in [0.1, 0.15) is 0 Å².